The van der Waals surface area contributed by atoms with Crippen LogP contribution in [-0.2, 0) is 0 Å². The lowest BCUT2D eigenvalue weighted by Gasteiger charge is -2.40. The summed E-state index contributed by atoms with van der Waals surface area (Å²) in [6, 6.07) is 5.69. The van der Waals surface area contributed by atoms with Crippen LogP contribution in [0.1, 0.15) is 5.56 Å². The highest BCUT2D eigenvalue weighted by molar-refractivity contribution is 6.32. The van der Waals surface area contributed by atoms with Gasteiger partial charge in [-0.3, -0.25) is 0 Å². The number of likely N-dealkylation sites (tertiary alicyclic amines) is 1. The third kappa shape index (κ3) is 2.53. The highest BCUT2D eigenvalue weighted by atomic mass is 35.5. The van der Waals surface area contributed by atoms with Crippen LogP contribution in [0.4, 0.5) is 4.79 Å². The second-order valence-electron chi connectivity index (χ2n) is 4.71. The molecule has 1 fully saturated rings. The molecule has 1 aliphatic heterocycles. The molecule has 98 valence electrons. The van der Waals surface area contributed by atoms with E-state index >= 15 is 0 Å². The van der Waals surface area contributed by atoms with Crippen LogP contribution in [0.5, 0.6) is 5.75 Å². The first-order chi connectivity index (χ1) is 8.49. The lowest BCUT2D eigenvalue weighted by atomic mass is 10.1. The molecule has 5 heteroatoms. The van der Waals surface area contributed by atoms with Gasteiger partial charge in [0.05, 0.1) is 18.1 Å². The molecule has 1 aliphatic rings. The van der Waals surface area contributed by atoms with Crippen LogP contribution < -0.4 is 4.74 Å². The molecule has 0 unspecified atom stereocenters. The Hall–Kier alpha value is -1.42. The Kier molecular flexibility index (Phi) is 3.66. The summed E-state index contributed by atoms with van der Waals surface area (Å²) in [4.78, 5) is 14.9. The topological polar surface area (TPSA) is 32.8 Å². The first-order valence-corrected chi connectivity index (χ1v) is 6.25. The zero-order valence-electron chi connectivity index (χ0n) is 10.8. The van der Waals surface area contributed by atoms with Gasteiger partial charge in [0.1, 0.15) is 11.9 Å². The maximum atomic E-state index is 11.6. The molecule has 0 aromatic heterocycles. The molecule has 0 N–H and O–H groups in total. The average molecular weight is 269 g/mol. The quantitative estimate of drug-likeness (QED) is 0.825. The van der Waals surface area contributed by atoms with Crippen molar-refractivity contribution in [1.82, 2.24) is 9.80 Å². The molecule has 18 heavy (non-hydrogen) atoms. The van der Waals surface area contributed by atoms with Crippen molar-refractivity contribution in [2.45, 2.75) is 13.0 Å². The molecule has 2 amide bonds. The van der Waals surface area contributed by atoms with E-state index in [0.717, 1.165) is 11.3 Å². The Balaban J connectivity index is 1.93. The van der Waals surface area contributed by atoms with E-state index in [1.54, 1.807) is 23.9 Å². The zero-order valence-corrected chi connectivity index (χ0v) is 11.6. The first kappa shape index (κ1) is 13.0. The summed E-state index contributed by atoms with van der Waals surface area (Å²) in [6.07, 6.45) is 0.0347. The number of para-hydroxylation sites is 1. The summed E-state index contributed by atoms with van der Waals surface area (Å²) in [6.45, 7) is 3.19. The van der Waals surface area contributed by atoms with E-state index in [2.05, 4.69) is 0 Å². The highest BCUT2D eigenvalue weighted by Gasteiger charge is 2.33. The Morgan fingerprint density at radius 3 is 2.67 bits per heavy atom. The molecule has 0 radical (unpaired) electrons. The van der Waals surface area contributed by atoms with E-state index in [1.165, 1.54) is 0 Å². The molecule has 1 aromatic carbocycles. The van der Waals surface area contributed by atoms with Gasteiger partial charge in [0.25, 0.3) is 0 Å². The summed E-state index contributed by atoms with van der Waals surface area (Å²) < 4.78 is 5.83. The minimum atomic E-state index is 0.0192. The summed E-state index contributed by atoms with van der Waals surface area (Å²) >= 11 is 6.09. The molecule has 1 saturated heterocycles. The fraction of sp³-hybridized carbons (Fsp3) is 0.462. The lowest BCUT2D eigenvalue weighted by Crippen LogP contribution is -2.58. The summed E-state index contributed by atoms with van der Waals surface area (Å²) in [5.74, 6) is 0.723. The Labute approximate surface area is 112 Å². The van der Waals surface area contributed by atoms with Crippen molar-refractivity contribution >= 4 is 17.6 Å². The van der Waals surface area contributed by atoms with Crippen molar-refractivity contribution in [1.29, 1.82) is 0 Å². The smallest absolute Gasteiger partial charge is 0.319 e. The van der Waals surface area contributed by atoms with Crippen LogP contribution in [-0.4, -0.2) is 49.1 Å². The number of benzene rings is 1. The number of hydrogen-bond donors (Lipinski definition) is 0. The second kappa shape index (κ2) is 5.06. The molecular formula is C13H17ClN2O2. The van der Waals surface area contributed by atoms with Gasteiger partial charge in [-0.2, -0.15) is 0 Å². The average Bonchev–Trinajstić information content (AvgIpc) is 2.25. The van der Waals surface area contributed by atoms with Crippen molar-refractivity contribution in [2.24, 2.45) is 0 Å². The number of halogens is 1. The molecule has 1 aromatic rings. The van der Waals surface area contributed by atoms with Gasteiger partial charge >= 0.3 is 6.03 Å². The van der Waals surface area contributed by atoms with Crippen LogP contribution in [0.15, 0.2) is 18.2 Å². The molecule has 0 spiro atoms. The van der Waals surface area contributed by atoms with E-state index in [-0.39, 0.29) is 12.1 Å². The Morgan fingerprint density at radius 2 is 2.11 bits per heavy atom. The van der Waals surface area contributed by atoms with Gasteiger partial charge in [0.15, 0.2) is 0 Å². The van der Waals surface area contributed by atoms with Gasteiger partial charge in [0.2, 0.25) is 0 Å². The predicted molar refractivity (Wildman–Crippen MR) is 71.3 cm³/mol. The normalized spacial score (nSPS) is 15.2. The molecule has 2 rings (SSSR count). The maximum absolute atomic E-state index is 11.6. The number of carbonyl (C=O) groups excluding carboxylic acids is 1. The predicted octanol–water partition coefficient (Wildman–Crippen LogP) is 2.39. The monoisotopic (exact) mass is 268 g/mol. The van der Waals surface area contributed by atoms with Crippen LogP contribution in [0.3, 0.4) is 0 Å². The fourth-order valence-electron chi connectivity index (χ4n) is 1.88. The van der Waals surface area contributed by atoms with E-state index in [0.29, 0.717) is 18.1 Å². The van der Waals surface area contributed by atoms with Crippen molar-refractivity contribution in [3.63, 3.8) is 0 Å². The molecular weight excluding hydrogens is 252 g/mol. The van der Waals surface area contributed by atoms with Gasteiger partial charge in [-0.1, -0.05) is 23.7 Å². The van der Waals surface area contributed by atoms with E-state index in [1.807, 2.05) is 25.1 Å². The van der Waals surface area contributed by atoms with Gasteiger partial charge in [0, 0.05) is 14.1 Å². The van der Waals surface area contributed by atoms with E-state index in [9.17, 15) is 4.79 Å². The van der Waals surface area contributed by atoms with E-state index < -0.39 is 0 Å². The summed E-state index contributed by atoms with van der Waals surface area (Å²) in [7, 11) is 3.49. The second-order valence-corrected chi connectivity index (χ2v) is 5.11. The van der Waals surface area contributed by atoms with Gasteiger partial charge in [-0.25, -0.2) is 4.79 Å². The number of ether oxygens (including phenoxy) is 1. The Morgan fingerprint density at radius 1 is 1.44 bits per heavy atom. The van der Waals surface area contributed by atoms with Gasteiger partial charge in [-0.15, -0.1) is 0 Å². The molecule has 4 nitrogen and oxygen atoms in total. The van der Waals surface area contributed by atoms with Crippen molar-refractivity contribution in [3.05, 3.63) is 28.8 Å². The summed E-state index contributed by atoms with van der Waals surface area (Å²) in [5.41, 5.74) is 1.01. The fourth-order valence-corrected chi connectivity index (χ4v) is 2.15. The zero-order chi connectivity index (χ0) is 13.3. The van der Waals surface area contributed by atoms with Gasteiger partial charge < -0.3 is 14.5 Å². The van der Waals surface area contributed by atoms with Crippen molar-refractivity contribution in [3.8, 4) is 5.75 Å². The van der Waals surface area contributed by atoms with Crippen LogP contribution in [0, 0.1) is 6.92 Å². The van der Waals surface area contributed by atoms with Crippen LogP contribution >= 0.6 is 11.6 Å². The molecule has 0 atom stereocenters. The van der Waals surface area contributed by atoms with Crippen LogP contribution in [0.25, 0.3) is 0 Å². The number of urea groups is 1. The molecule has 0 saturated carbocycles. The third-order valence-electron chi connectivity index (χ3n) is 2.95. The first-order valence-electron chi connectivity index (χ1n) is 5.87. The largest absolute Gasteiger partial charge is 0.485 e. The van der Waals surface area contributed by atoms with Crippen LogP contribution in [0.2, 0.25) is 5.02 Å². The number of carbonyl (C=O) groups is 1. The lowest BCUT2D eigenvalue weighted by molar-refractivity contribution is 0.0353. The third-order valence-corrected chi connectivity index (χ3v) is 3.25. The van der Waals surface area contributed by atoms with Gasteiger partial charge in [-0.05, 0) is 18.6 Å². The number of rotatable bonds is 2. The Bertz CT molecular complexity index is 436. The van der Waals surface area contributed by atoms with Crippen molar-refractivity contribution < 1.29 is 9.53 Å². The molecule has 0 bridgehead atoms. The maximum Gasteiger partial charge on any atom is 0.319 e. The van der Waals surface area contributed by atoms with E-state index in [4.69, 9.17) is 16.3 Å². The minimum Gasteiger partial charge on any atom is -0.485 e. The highest BCUT2D eigenvalue weighted by Crippen LogP contribution is 2.30. The SMILES string of the molecule is Cc1cccc(Cl)c1OC1CN(C(=O)N(C)C)C1. The summed E-state index contributed by atoms with van der Waals surface area (Å²) in [5, 5.41) is 0.618. The standard InChI is InChI=1S/C13H17ClN2O2/c1-9-5-4-6-11(14)12(9)18-10-7-16(8-10)13(17)15(2)3/h4-6,10H,7-8H2,1-3H3. The minimum absolute atomic E-state index is 0.0192. The molecule has 0 aliphatic carbocycles. The number of hydrogen-bond acceptors (Lipinski definition) is 2. The van der Waals surface area contributed by atoms with Crippen molar-refractivity contribution in [2.75, 3.05) is 27.2 Å². The number of amides is 2. The number of aryl methyl sites for hydroxylation is 1. The number of nitrogens with zero attached hydrogens (tertiary/aromatic N) is 2. The molecule has 1 heterocycles.